The van der Waals surface area contributed by atoms with Crippen LogP contribution in [0.3, 0.4) is 0 Å². The summed E-state index contributed by atoms with van der Waals surface area (Å²) >= 11 is 1.82. The van der Waals surface area contributed by atoms with Gasteiger partial charge < -0.3 is 5.73 Å². The lowest BCUT2D eigenvalue weighted by Gasteiger charge is -2.39. The Morgan fingerprint density at radius 3 is 3.00 bits per heavy atom. The minimum Gasteiger partial charge on any atom is -0.329 e. The second-order valence-electron chi connectivity index (χ2n) is 5.74. The molecule has 0 amide bonds. The molecule has 2 nitrogen and oxygen atoms in total. The lowest BCUT2D eigenvalue weighted by Crippen LogP contribution is -2.40. The second-order valence-corrected chi connectivity index (χ2v) is 6.74. The molecule has 2 atom stereocenters. The number of fused-ring (bicyclic) bond motifs is 1. The van der Waals surface area contributed by atoms with Crippen molar-refractivity contribution in [3.05, 3.63) is 57.0 Å². The molecule has 0 saturated heterocycles. The van der Waals surface area contributed by atoms with Crippen LogP contribution in [0.1, 0.15) is 40.6 Å². The van der Waals surface area contributed by atoms with Gasteiger partial charge >= 0.3 is 0 Å². The Labute approximate surface area is 129 Å². The molecule has 1 aromatic carbocycles. The number of benzene rings is 1. The first-order valence-electron chi connectivity index (χ1n) is 7.40. The molecule has 4 heteroatoms. The predicted molar refractivity (Wildman–Crippen MR) is 86.1 cm³/mol. The van der Waals surface area contributed by atoms with E-state index in [9.17, 15) is 4.39 Å². The number of hydrogen-bond acceptors (Lipinski definition) is 3. The van der Waals surface area contributed by atoms with Crippen LogP contribution in [0.2, 0.25) is 0 Å². The normalized spacial score (nSPS) is 20.3. The van der Waals surface area contributed by atoms with Gasteiger partial charge in [0.2, 0.25) is 0 Å². The Bertz CT molecular complexity index is 637. The van der Waals surface area contributed by atoms with Gasteiger partial charge in [0.05, 0.1) is 6.04 Å². The van der Waals surface area contributed by atoms with Crippen LogP contribution in [-0.2, 0) is 6.42 Å². The lowest BCUT2D eigenvalue weighted by molar-refractivity contribution is 0.136. The van der Waals surface area contributed by atoms with Crippen LogP contribution >= 0.6 is 11.3 Å². The van der Waals surface area contributed by atoms with Gasteiger partial charge in [-0.1, -0.05) is 17.7 Å². The molecule has 0 bridgehead atoms. The Kier molecular flexibility index (Phi) is 4.11. The van der Waals surface area contributed by atoms with Crippen molar-refractivity contribution in [3.8, 4) is 0 Å². The van der Waals surface area contributed by atoms with E-state index in [2.05, 4.69) is 23.3 Å². The summed E-state index contributed by atoms with van der Waals surface area (Å²) in [6, 6.07) is 7.71. The summed E-state index contributed by atoms with van der Waals surface area (Å²) in [5.41, 5.74) is 9.18. The Hall–Kier alpha value is -1.23. The van der Waals surface area contributed by atoms with Gasteiger partial charge in [0.25, 0.3) is 0 Å². The highest BCUT2D eigenvalue weighted by molar-refractivity contribution is 7.10. The van der Waals surface area contributed by atoms with Gasteiger partial charge in [-0.2, -0.15) is 0 Å². The number of nitrogens with zero attached hydrogens (tertiary/aromatic N) is 1. The summed E-state index contributed by atoms with van der Waals surface area (Å²) in [5, 5.41) is 2.15. The fraction of sp³-hybridized carbons (Fsp3) is 0.412. The molecule has 0 spiro atoms. The highest BCUT2D eigenvalue weighted by Crippen LogP contribution is 2.38. The zero-order chi connectivity index (χ0) is 15.0. The van der Waals surface area contributed by atoms with E-state index in [1.165, 1.54) is 10.4 Å². The van der Waals surface area contributed by atoms with Crippen molar-refractivity contribution in [2.75, 3.05) is 13.1 Å². The average molecular weight is 304 g/mol. The fourth-order valence-corrected chi connectivity index (χ4v) is 4.28. The Balaban J connectivity index is 1.96. The molecular formula is C17H21FN2S. The average Bonchev–Trinajstić information content (AvgIpc) is 2.95. The van der Waals surface area contributed by atoms with Crippen LogP contribution < -0.4 is 5.73 Å². The molecular weight excluding hydrogens is 283 g/mol. The molecule has 1 aromatic heterocycles. The van der Waals surface area contributed by atoms with E-state index in [-0.39, 0.29) is 17.9 Å². The molecule has 2 unspecified atom stereocenters. The maximum atomic E-state index is 14.2. The zero-order valence-corrected chi connectivity index (χ0v) is 13.3. The number of nitrogens with two attached hydrogens (primary N) is 1. The standard InChI is InChI=1S/C17H21FN2S/c1-11-3-4-15(18)14(9-11)16(10-19)20-7-5-17-13(12(20)2)6-8-21-17/h3-4,6,8-9,12,16H,5,7,10,19H2,1-2H3. The molecule has 21 heavy (non-hydrogen) atoms. The van der Waals surface area contributed by atoms with Crippen LogP contribution in [0.15, 0.2) is 29.6 Å². The Morgan fingerprint density at radius 2 is 2.24 bits per heavy atom. The highest BCUT2D eigenvalue weighted by Gasteiger charge is 2.31. The third kappa shape index (κ3) is 2.63. The molecule has 2 aromatic rings. The van der Waals surface area contributed by atoms with Crippen LogP contribution in [0, 0.1) is 12.7 Å². The number of rotatable bonds is 3. The first kappa shape index (κ1) is 14.7. The lowest BCUT2D eigenvalue weighted by atomic mass is 9.95. The summed E-state index contributed by atoms with van der Waals surface area (Å²) < 4.78 is 14.2. The monoisotopic (exact) mass is 304 g/mol. The molecule has 1 aliphatic rings. The molecule has 2 heterocycles. The molecule has 1 aliphatic heterocycles. The van der Waals surface area contributed by atoms with Crippen molar-refractivity contribution in [1.29, 1.82) is 0 Å². The number of thiophene rings is 1. The van der Waals surface area contributed by atoms with E-state index in [1.807, 2.05) is 30.4 Å². The molecule has 0 fully saturated rings. The third-order valence-electron chi connectivity index (χ3n) is 4.46. The van der Waals surface area contributed by atoms with Crippen molar-refractivity contribution in [3.63, 3.8) is 0 Å². The minimum atomic E-state index is -0.153. The van der Waals surface area contributed by atoms with Gasteiger partial charge in [-0.3, -0.25) is 4.90 Å². The van der Waals surface area contributed by atoms with E-state index in [1.54, 1.807) is 6.07 Å². The molecule has 3 rings (SSSR count). The summed E-state index contributed by atoms with van der Waals surface area (Å²) in [4.78, 5) is 3.80. The van der Waals surface area contributed by atoms with E-state index in [4.69, 9.17) is 5.73 Å². The molecule has 0 aliphatic carbocycles. The van der Waals surface area contributed by atoms with Crippen molar-refractivity contribution in [2.24, 2.45) is 5.73 Å². The fourth-order valence-electron chi connectivity index (χ4n) is 3.31. The van der Waals surface area contributed by atoms with Crippen LogP contribution in [-0.4, -0.2) is 18.0 Å². The summed E-state index contributed by atoms with van der Waals surface area (Å²) in [6.07, 6.45) is 1.03. The zero-order valence-electron chi connectivity index (χ0n) is 12.5. The van der Waals surface area contributed by atoms with Crippen molar-refractivity contribution in [1.82, 2.24) is 4.90 Å². The van der Waals surface area contributed by atoms with Crippen LogP contribution in [0.4, 0.5) is 4.39 Å². The van der Waals surface area contributed by atoms with E-state index < -0.39 is 0 Å². The molecule has 0 radical (unpaired) electrons. The smallest absolute Gasteiger partial charge is 0.128 e. The first-order chi connectivity index (χ1) is 10.1. The quantitative estimate of drug-likeness (QED) is 0.934. The van der Waals surface area contributed by atoms with Crippen molar-refractivity contribution >= 4 is 11.3 Å². The predicted octanol–water partition coefficient (Wildman–Crippen LogP) is 3.81. The van der Waals surface area contributed by atoms with Gasteiger partial charge in [-0.05, 0) is 43.3 Å². The topological polar surface area (TPSA) is 29.3 Å². The highest BCUT2D eigenvalue weighted by atomic mass is 32.1. The van der Waals surface area contributed by atoms with E-state index in [0.717, 1.165) is 24.1 Å². The van der Waals surface area contributed by atoms with Crippen LogP contribution in [0.25, 0.3) is 0 Å². The molecule has 0 saturated carbocycles. The second kappa shape index (κ2) is 5.87. The molecule has 112 valence electrons. The summed E-state index contributed by atoms with van der Waals surface area (Å²) in [5.74, 6) is -0.153. The third-order valence-corrected chi connectivity index (χ3v) is 5.46. The Morgan fingerprint density at radius 1 is 1.43 bits per heavy atom. The van der Waals surface area contributed by atoms with Gasteiger partial charge in [-0.25, -0.2) is 4.39 Å². The van der Waals surface area contributed by atoms with Gasteiger partial charge in [0.1, 0.15) is 5.82 Å². The SMILES string of the molecule is Cc1ccc(F)c(C(CN)N2CCc3sccc3C2C)c1. The number of halogens is 1. The maximum absolute atomic E-state index is 14.2. The van der Waals surface area contributed by atoms with Crippen LogP contribution in [0.5, 0.6) is 0 Å². The first-order valence-corrected chi connectivity index (χ1v) is 8.28. The summed E-state index contributed by atoms with van der Waals surface area (Å²) in [6.45, 7) is 5.56. The maximum Gasteiger partial charge on any atom is 0.128 e. The van der Waals surface area contributed by atoms with E-state index >= 15 is 0 Å². The molecule has 2 N–H and O–H groups in total. The largest absolute Gasteiger partial charge is 0.329 e. The van der Waals surface area contributed by atoms with Gasteiger partial charge in [0.15, 0.2) is 0 Å². The van der Waals surface area contributed by atoms with Crippen molar-refractivity contribution in [2.45, 2.75) is 32.4 Å². The van der Waals surface area contributed by atoms with Gasteiger partial charge in [-0.15, -0.1) is 11.3 Å². The van der Waals surface area contributed by atoms with E-state index in [0.29, 0.717) is 6.54 Å². The number of hydrogen-bond donors (Lipinski definition) is 1. The van der Waals surface area contributed by atoms with Crippen molar-refractivity contribution < 1.29 is 4.39 Å². The minimum absolute atomic E-state index is 0.0621. The number of aryl methyl sites for hydroxylation is 1. The summed E-state index contributed by atoms with van der Waals surface area (Å²) in [7, 11) is 0. The van der Waals surface area contributed by atoms with Gasteiger partial charge in [0, 0.05) is 29.6 Å².